The van der Waals surface area contributed by atoms with Crippen molar-refractivity contribution >= 4 is 17.5 Å². The summed E-state index contributed by atoms with van der Waals surface area (Å²) >= 11 is 0. The molecule has 2 aliphatic heterocycles. The minimum absolute atomic E-state index is 0.0113. The van der Waals surface area contributed by atoms with Crippen molar-refractivity contribution in [1.29, 1.82) is 5.41 Å². The van der Waals surface area contributed by atoms with Gasteiger partial charge in [-0.1, -0.05) is 6.07 Å². The van der Waals surface area contributed by atoms with Crippen LogP contribution < -0.4 is 10.1 Å². The first-order chi connectivity index (χ1) is 17.2. The van der Waals surface area contributed by atoms with E-state index in [1.54, 1.807) is 24.0 Å². The third-order valence-electron chi connectivity index (χ3n) is 7.20. The van der Waals surface area contributed by atoms with Crippen LogP contribution in [0.15, 0.2) is 29.5 Å². The average Bonchev–Trinajstić information content (AvgIpc) is 3.33. The average molecular weight is 501 g/mol. The summed E-state index contributed by atoms with van der Waals surface area (Å²) in [5.41, 5.74) is 2.07. The van der Waals surface area contributed by atoms with Crippen LogP contribution in [-0.4, -0.2) is 78.4 Å². The van der Waals surface area contributed by atoms with Crippen LogP contribution in [-0.2, 0) is 14.3 Å². The number of ether oxygens (including phenoxy) is 2. The summed E-state index contributed by atoms with van der Waals surface area (Å²) in [4.78, 5) is 29.4. The Balaban J connectivity index is 1.27. The Morgan fingerprint density at radius 3 is 2.53 bits per heavy atom. The van der Waals surface area contributed by atoms with Gasteiger partial charge in [0, 0.05) is 55.9 Å². The molecule has 4 rings (SSSR count). The minimum Gasteiger partial charge on any atom is -0.490 e. The van der Waals surface area contributed by atoms with E-state index in [2.05, 4.69) is 5.32 Å². The topological polar surface area (TPSA) is 95.0 Å². The van der Waals surface area contributed by atoms with Gasteiger partial charge in [0.15, 0.2) is 0 Å². The quantitative estimate of drug-likeness (QED) is 0.561. The maximum absolute atomic E-state index is 13.8. The predicted molar refractivity (Wildman–Crippen MR) is 135 cm³/mol. The number of hydrogen-bond donors (Lipinski definition) is 2. The molecule has 0 unspecified atom stereocenters. The second-order valence-electron chi connectivity index (χ2n) is 10.1. The van der Waals surface area contributed by atoms with Crippen LogP contribution in [0.3, 0.4) is 0 Å². The third-order valence-corrected chi connectivity index (χ3v) is 7.20. The summed E-state index contributed by atoms with van der Waals surface area (Å²) in [6.07, 6.45) is 3.48. The van der Waals surface area contributed by atoms with E-state index in [1.807, 2.05) is 18.7 Å². The van der Waals surface area contributed by atoms with E-state index in [0.717, 1.165) is 24.1 Å². The second-order valence-corrected chi connectivity index (χ2v) is 10.1. The second kappa shape index (κ2) is 11.4. The highest BCUT2D eigenvalue weighted by molar-refractivity contribution is 6.44. The number of benzene rings is 1. The molecular weight excluding hydrogens is 463 g/mol. The number of carbonyl (C=O) groups excluding carboxylic acids is 2. The lowest BCUT2D eigenvalue weighted by molar-refractivity contribution is -0.136. The zero-order valence-electron chi connectivity index (χ0n) is 21.4. The monoisotopic (exact) mass is 500 g/mol. The number of hydrogen-bond acceptors (Lipinski definition) is 6. The van der Waals surface area contributed by atoms with E-state index in [0.29, 0.717) is 56.8 Å². The van der Waals surface area contributed by atoms with Gasteiger partial charge in [-0.2, -0.15) is 0 Å². The van der Waals surface area contributed by atoms with Crippen LogP contribution in [0.2, 0.25) is 0 Å². The summed E-state index contributed by atoms with van der Waals surface area (Å²) in [5.74, 6) is -0.00583. The Bertz CT molecular complexity index is 1020. The first kappa shape index (κ1) is 26.1. The molecule has 196 valence electrons. The normalized spacial score (nSPS) is 23.1. The van der Waals surface area contributed by atoms with Crippen molar-refractivity contribution in [2.75, 3.05) is 32.7 Å². The van der Waals surface area contributed by atoms with Crippen LogP contribution in [0.4, 0.5) is 4.39 Å². The maximum atomic E-state index is 13.8. The number of carbonyl (C=O) groups is 2. The van der Waals surface area contributed by atoms with Gasteiger partial charge in [-0.25, -0.2) is 4.39 Å². The zero-order valence-corrected chi connectivity index (χ0v) is 21.4. The molecule has 8 nitrogen and oxygen atoms in total. The molecule has 2 atom stereocenters. The molecule has 0 saturated carbocycles. The van der Waals surface area contributed by atoms with Gasteiger partial charge in [0.1, 0.15) is 23.4 Å². The molecule has 0 radical (unpaired) electrons. The smallest absolute Gasteiger partial charge is 0.272 e. The highest BCUT2D eigenvalue weighted by Crippen LogP contribution is 2.27. The fraction of sp³-hybridized carbons (Fsp3) is 0.593. The van der Waals surface area contributed by atoms with Crippen LogP contribution in [0, 0.1) is 18.2 Å². The molecule has 9 heteroatoms. The summed E-state index contributed by atoms with van der Waals surface area (Å²) < 4.78 is 25.5. The molecule has 2 amide bonds. The molecule has 2 fully saturated rings. The first-order valence-electron chi connectivity index (χ1n) is 12.9. The van der Waals surface area contributed by atoms with Crippen LogP contribution in [0.1, 0.15) is 51.5 Å². The van der Waals surface area contributed by atoms with Crippen LogP contribution in [0.25, 0.3) is 0 Å². The lowest BCUT2D eigenvalue weighted by atomic mass is 10.1. The summed E-state index contributed by atoms with van der Waals surface area (Å²) in [7, 11) is 0. The Kier molecular flexibility index (Phi) is 8.28. The van der Waals surface area contributed by atoms with Crippen molar-refractivity contribution in [3.8, 4) is 5.75 Å². The van der Waals surface area contributed by atoms with Crippen molar-refractivity contribution in [3.05, 3.63) is 40.8 Å². The molecule has 1 aromatic rings. The van der Waals surface area contributed by atoms with Gasteiger partial charge in [-0.3, -0.25) is 15.0 Å². The van der Waals surface area contributed by atoms with E-state index in [4.69, 9.17) is 14.9 Å². The number of nitrogens with one attached hydrogen (secondary N) is 2. The van der Waals surface area contributed by atoms with Gasteiger partial charge in [0.25, 0.3) is 5.91 Å². The fourth-order valence-corrected chi connectivity index (χ4v) is 5.26. The van der Waals surface area contributed by atoms with Gasteiger partial charge < -0.3 is 24.6 Å². The Labute approximate surface area is 212 Å². The summed E-state index contributed by atoms with van der Waals surface area (Å²) in [6.45, 7) is 7.84. The number of likely N-dealkylation sites (tertiary alicyclic amines) is 1. The zero-order chi connectivity index (χ0) is 25.8. The molecule has 3 aliphatic rings. The Hall–Kier alpha value is -2.94. The number of piperidine rings is 1. The van der Waals surface area contributed by atoms with Crippen molar-refractivity contribution in [2.24, 2.45) is 0 Å². The number of nitrogens with zero attached hydrogens (tertiary/aromatic N) is 2. The fourth-order valence-electron chi connectivity index (χ4n) is 5.26. The highest BCUT2D eigenvalue weighted by atomic mass is 19.1. The molecule has 2 saturated heterocycles. The number of amides is 2. The number of halogens is 1. The molecule has 0 bridgehead atoms. The van der Waals surface area contributed by atoms with Crippen molar-refractivity contribution in [2.45, 2.75) is 71.2 Å². The lowest BCUT2D eigenvalue weighted by Crippen LogP contribution is -2.50. The largest absolute Gasteiger partial charge is 0.490 e. The molecule has 1 aromatic carbocycles. The summed E-state index contributed by atoms with van der Waals surface area (Å²) in [5, 5.41) is 11.8. The van der Waals surface area contributed by atoms with Gasteiger partial charge in [-0.15, -0.1) is 0 Å². The predicted octanol–water partition coefficient (Wildman–Crippen LogP) is 3.19. The summed E-state index contributed by atoms with van der Waals surface area (Å²) in [6, 6.07) is 4.83. The van der Waals surface area contributed by atoms with E-state index >= 15 is 0 Å². The Morgan fingerprint density at radius 2 is 1.83 bits per heavy atom. The van der Waals surface area contributed by atoms with Gasteiger partial charge in [0.05, 0.1) is 18.8 Å². The first-order valence-corrected chi connectivity index (χ1v) is 12.9. The maximum Gasteiger partial charge on any atom is 0.272 e. The van der Waals surface area contributed by atoms with Gasteiger partial charge in [-0.05, 0) is 52.2 Å². The highest BCUT2D eigenvalue weighted by Gasteiger charge is 2.31. The standard InChI is InChI=1S/C27H37FN4O4/c1-17-15-32(16-18(2)35-17)27(34)26(29)21-6-4-8-23(21)30-14-25(33)31-12-10-20(11-13-31)36-24-9-5-7-22(28)19(24)3/h5,7,9,17-18,20,29-30H,4,6,8,10-16H2,1-3H3/t17-,18+. The number of rotatable bonds is 7. The van der Waals surface area contributed by atoms with E-state index < -0.39 is 0 Å². The number of allylic oxidation sites excluding steroid dienone is 1. The molecular formula is C27H37FN4O4. The van der Waals surface area contributed by atoms with E-state index in [9.17, 15) is 14.0 Å². The lowest BCUT2D eigenvalue weighted by Gasteiger charge is -2.35. The third kappa shape index (κ3) is 6.06. The minimum atomic E-state index is -0.282. The number of morpholine rings is 1. The van der Waals surface area contributed by atoms with Crippen molar-refractivity contribution in [3.63, 3.8) is 0 Å². The van der Waals surface area contributed by atoms with Gasteiger partial charge in [0.2, 0.25) is 5.91 Å². The van der Waals surface area contributed by atoms with Crippen molar-refractivity contribution in [1.82, 2.24) is 15.1 Å². The van der Waals surface area contributed by atoms with Crippen molar-refractivity contribution < 1.29 is 23.5 Å². The molecule has 36 heavy (non-hydrogen) atoms. The SMILES string of the molecule is Cc1c(F)cccc1OC1CCN(C(=O)CNC2=C(C(=N)C(=O)N3C[C@@H](C)O[C@@H](C)C3)CCC2)CC1. The van der Waals surface area contributed by atoms with Crippen LogP contribution in [0.5, 0.6) is 5.75 Å². The molecule has 0 aromatic heterocycles. The van der Waals surface area contributed by atoms with Crippen LogP contribution >= 0.6 is 0 Å². The molecule has 2 N–H and O–H groups in total. The molecule has 1 aliphatic carbocycles. The van der Waals surface area contributed by atoms with Gasteiger partial charge >= 0.3 is 0 Å². The van der Waals surface area contributed by atoms with E-state index in [-0.39, 0.29) is 48.2 Å². The molecule has 2 heterocycles. The van der Waals surface area contributed by atoms with E-state index in [1.165, 1.54) is 6.07 Å². The Morgan fingerprint density at radius 1 is 1.14 bits per heavy atom. The molecule has 0 spiro atoms.